The number of pyridine rings is 1. The third-order valence-electron chi connectivity index (χ3n) is 3.54. The second-order valence-corrected chi connectivity index (χ2v) is 5.37. The summed E-state index contributed by atoms with van der Waals surface area (Å²) in [7, 11) is 0. The highest BCUT2D eigenvalue weighted by atomic mass is 16.5. The number of aromatic nitrogens is 1. The molecular formula is C15H24N2O2. The summed E-state index contributed by atoms with van der Waals surface area (Å²) >= 11 is 0. The van der Waals surface area contributed by atoms with Crippen molar-refractivity contribution in [1.29, 1.82) is 0 Å². The van der Waals surface area contributed by atoms with Crippen LogP contribution in [-0.4, -0.2) is 23.7 Å². The Bertz CT molecular complexity index is 389. The summed E-state index contributed by atoms with van der Waals surface area (Å²) in [6.45, 7) is 3.27. The van der Waals surface area contributed by atoms with Crippen molar-refractivity contribution in [3.05, 3.63) is 18.3 Å². The molecule has 0 radical (unpaired) electrons. The first-order valence-electron chi connectivity index (χ1n) is 7.23. The number of nitrogens with zero attached hydrogens (tertiary/aromatic N) is 1. The molecule has 0 bridgehead atoms. The molecule has 0 atom stereocenters. The molecule has 0 amide bonds. The van der Waals surface area contributed by atoms with Crippen molar-refractivity contribution >= 4 is 0 Å². The summed E-state index contributed by atoms with van der Waals surface area (Å²) < 4.78 is 11.4. The first-order valence-corrected chi connectivity index (χ1v) is 7.23. The van der Waals surface area contributed by atoms with Gasteiger partial charge in [0.15, 0.2) is 5.75 Å². The van der Waals surface area contributed by atoms with E-state index in [1.807, 2.05) is 12.1 Å². The van der Waals surface area contributed by atoms with Gasteiger partial charge in [0.05, 0.1) is 12.1 Å². The van der Waals surface area contributed by atoms with E-state index in [0.29, 0.717) is 24.8 Å². The van der Waals surface area contributed by atoms with Crippen LogP contribution < -0.4 is 15.2 Å². The van der Waals surface area contributed by atoms with Crippen molar-refractivity contribution in [3.8, 4) is 11.6 Å². The van der Waals surface area contributed by atoms with Gasteiger partial charge in [-0.25, -0.2) is 4.98 Å². The lowest BCUT2D eigenvalue weighted by atomic mass is 9.83. The molecule has 4 nitrogen and oxygen atoms in total. The zero-order valence-corrected chi connectivity index (χ0v) is 11.7. The summed E-state index contributed by atoms with van der Waals surface area (Å²) in [4.78, 5) is 4.24. The van der Waals surface area contributed by atoms with E-state index in [0.717, 1.165) is 19.3 Å². The lowest BCUT2D eigenvalue weighted by Crippen LogP contribution is -2.47. The second kappa shape index (κ2) is 6.75. The molecule has 2 N–H and O–H groups in total. The predicted octanol–water partition coefficient (Wildman–Crippen LogP) is 2.91. The standard InChI is InChI=1S/C15H24N2O2/c1-2-11-18-13-7-6-10-17-14(13)19-12-15(16)8-4-3-5-9-15/h6-7,10H,2-5,8-9,11-12,16H2,1H3. The maximum absolute atomic E-state index is 6.36. The first kappa shape index (κ1) is 14.1. The third-order valence-corrected chi connectivity index (χ3v) is 3.54. The lowest BCUT2D eigenvalue weighted by molar-refractivity contribution is 0.162. The molecule has 106 valence electrons. The third kappa shape index (κ3) is 4.10. The Hall–Kier alpha value is -1.29. The smallest absolute Gasteiger partial charge is 0.257 e. The Kier molecular flexibility index (Phi) is 5.02. The molecule has 0 spiro atoms. The molecular weight excluding hydrogens is 240 g/mol. The molecule has 0 unspecified atom stereocenters. The van der Waals surface area contributed by atoms with Crippen LogP contribution in [0, 0.1) is 0 Å². The van der Waals surface area contributed by atoms with Crippen molar-refractivity contribution in [1.82, 2.24) is 4.98 Å². The quantitative estimate of drug-likeness (QED) is 0.858. The molecule has 1 aliphatic carbocycles. The number of ether oxygens (including phenoxy) is 2. The van der Waals surface area contributed by atoms with Crippen LogP contribution in [-0.2, 0) is 0 Å². The highest BCUT2D eigenvalue weighted by Crippen LogP contribution is 2.29. The van der Waals surface area contributed by atoms with Gasteiger partial charge in [-0.3, -0.25) is 0 Å². The van der Waals surface area contributed by atoms with Crippen LogP contribution in [0.4, 0.5) is 0 Å². The van der Waals surface area contributed by atoms with Gasteiger partial charge in [0.25, 0.3) is 5.88 Å². The fourth-order valence-electron chi connectivity index (χ4n) is 2.42. The van der Waals surface area contributed by atoms with Crippen molar-refractivity contribution in [2.75, 3.05) is 13.2 Å². The molecule has 19 heavy (non-hydrogen) atoms. The van der Waals surface area contributed by atoms with Gasteiger partial charge in [-0.1, -0.05) is 26.2 Å². The van der Waals surface area contributed by atoms with E-state index < -0.39 is 0 Å². The summed E-state index contributed by atoms with van der Waals surface area (Å²) in [6.07, 6.45) is 8.43. The minimum Gasteiger partial charge on any atom is -0.488 e. The Labute approximate surface area is 115 Å². The highest BCUT2D eigenvalue weighted by molar-refractivity contribution is 5.32. The van der Waals surface area contributed by atoms with Crippen molar-refractivity contribution in [2.24, 2.45) is 5.73 Å². The Morgan fingerprint density at radius 3 is 2.79 bits per heavy atom. The van der Waals surface area contributed by atoms with Gasteiger partial charge in [0.1, 0.15) is 6.61 Å². The summed E-state index contributed by atoms with van der Waals surface area (Å²) in [5.74, 6) is 1.27. The number of rotatable bonds is 6. The molecule has 1 fully saturated rings. The summed E-state index contributed by atoms with van der Waals surface area (Å²) in [5, 5.41) is 0. The molecule has 4 heteroatoms. The van der Waals surface area contributed by atoms with Gasteiger partial charge in [-0.05, 0) is 31.4 Å². The van der Waals surface area contributed by atoms with Crippen molar-refractivity contribution < 1.29 is 9.47 Å². The van der Waals surface area contributed by atoms with E-state index in [2.05, 4.69) is 11.9 Å². The zero-order valence-electron chi connectivity index (χ0n) is 11.7. The highest BCUT2D eigenvalue weighted by Gasteiger charge is 2.28. The lowest BCUT2D eigenvalue weighted by Gasteiger charge is -2.32. The van der Waals surface area contributed by atoms with Crippen LogP contribution in [0.2, 0.25) is 0 Å². The van der Waals surface area contributed by atoms with Crippen molar-refractivity contribution in [2.45, 2.75) is 51.0 Å². The van der Waals surface area contributed by atoms with E-state index in [1.165, 1.54) is 19.3 Å². The molecule has 2 rings (SSSR count). The van der Waals surface area contributed by atoms with Crippen LogP contribution in [0.25, 0.3) is 0 Å². The Morgan fingerprint density at radius 1 is 1.26 bits per heavy atom. The van der Waals surface area contributed by atoms with Gasteiger partial charge in [-0.15, -0.1) is 0 Å². The fourth-order valence-corrected chi connectivity index (χ4v) is 2.42. The minimum absolute atomic E-state index is 0.197. The monoisotopic (exact) mass is 264 g/mol. The van der Waals surface area contributed by atoms with Gasteiger partial charge in [0, 0.05) is 6.20 Å². The maximum atomic E-state index is 6.36. The SMILES string of the molecule is CCCOc1cccnc1OCC1(N)CCCCC1. The van der Waals surface area contributed by atoms with Crippen molar-refractivity contribution in [3.63, 3.8) is 0 Å². The summed E-state index contributed by atoms with van der Waals surface area (Å²) in [5.41, 5.74) is 6.17. The fraction of sp³-hybridized carbons (Fsp3) is 0.667. The molecule has 0 aliphatic heterocycles. The molecule has 1 aromatic heterocycles. The maximum Gasteiger partial charge on any atom is 0.257 e. The van der Waals surface area contributed by atoms with Crippen LogP contribution in [0.5, 0.6) is 11.6 Å². The van der Waals surface area contributed by atoms with Crippen LogP contribution in [0.1, 0.15) is 45.4 Å². The Balaban J connectivity index is 1.94. The van der Waals surface area contributed by atoms with Crippen LogP contribution in [0.3, 0.4) is 0 Å². The minimum atomic E-state index is -0.197. The van der Waals surface area contributed by atoms with Gasteiger partial charge in [-0.2, -0.15) is 0 Å². The molecule has 0 aromatic carbocycles. The molecule has 1 aliphatic rings. The molecule has 1 aromatic rings. The van der Waals surface area contributed by atoms with E-state index in [1.54, 1.807) is 6.20 Å². The number of nitrogens with two attached hydrogens (primary N) is 1. The first-order chi connectivity index (χ1) is 9.23. The zero-order chi connectivity index (χ0) is 13.6. The van der Waals surface area contributed by atoms with E-state index in [9.17, 15) is 0 Å². The van der Waals surface area contributed by atoms with Gasteiger partial charge < -0.3 is 15.2 Å². The van der Waals surface area contributed by atoms with Gasteiger partial charge >= 0.3 is 0 Å². The molecule has 1 heterocycles. The van der Waals surface area contributed by atoms with Gasteiger partial charge in [0.2, 0.25) is 0 Å². The molecule has 1 saturated carbocycles. The summed E-state index contributed by atoms with van der Waals surface area (Å²) in [6, 6.07) is 3.75. The van der Waals surface area contributed by atoms with E-state index in [4.69, 9.17) is 15.2 Å². The average Bonchev–Trinajstić information content (AvgIpc) is 2.45. The largest absolute Gasteiger partial charge is 0.488 e. The normalized spacial score (nSPS) is 18.0. The second-order valence-electron chi connectivity index (χ2n) is 5.37. The van der Waals surface area contributed by atoms with Crippen LogP contribution in [0.15, 0.2) is 18.3 Å². The van der Waals surface area contributed by atoms with E-state index >= 15 is 0 Å². The number of hydrogen-bond acceptors (Lipinski definition) is 4. The Morgan fingerprint density at radius 2 is 2.05 bits per heavy atom. The average molecular weight is 264 g/mol. The number of hydrogen-bond donors (Lipinski definition) is 1. The van der Waals surface area contributed by atoms with E-state index in [-0.39, 0.29) is 5.54 Å². The van der Waals surface area contributed by atoms with Crippen LogP contribution >= 0.6 is 0 Å². The topological polar surface area (TPSA) is 57.4 Å². The predicted molar refractivity (Wildman–Crippen MR) is 75.5 cm³/mol. The molecule has 0 saturated heterocycles.